The van der Waals surface area contributed by atoms with Crippen molar-refractivity contribution in [2.24, 2.45) is 0 Å². The molecule has 0 bridgehead atoms. The third-order valence-electron chi connectivity index (χ3n) is 4.76. The van der Waals surface area contributed by atoms with Gasteiger partial charge in [-0.1, -0.05) is 18.2 Å². The lowest BCUT2D eigenvalue weighted by molar-refractivity contribution is -0.137. The van der Waals surface area contributed by atoms with E-state index < -0.39 is 36.8 Å². The van der Waals surface area contributed by atoms with Gasteiger partial charge < -0.3 is 8.92 Å². The van der Waals surface area contributed by atoms with E-state index in [2.05, 4.69) is 0 Å². The molecule has 1 fully saturated rings. The summed E-state index contributed by atoms with van der Waals surface area (Å²) in [5.74, 6) is 0.0580. The predicted octanol–water partition coefficient (Wildman–Crippen LogP) is 3.41. The van der Waals surface area contributed by atoms with Crippen LogP contribution < -0.4 is 4.18 Å². The molecular weight excluding hydrogens is 471 g/mol. The summed E-state index contributed by atoms with van der Waals surface area (Å²) in [6, 6.07) is 9.32. The van der Waals surface area contributed by atoms with Gasteiger partial charge in [-0.25, -0.2) is 8.42 Å². The van der Waals surface area contributed by atoms with E-state index in [1.807, 2.05) is 0 Å². The number of alkyl halides is 3. The number of rotatable bonds is 8. The Balaban J connectivity index is 1.90. The second-order valence-electron chi connectivity index (χ2n) is 7.39. The van der Waals surface area contributed by atoms with E-state index in [0.29, 0.717) is 24.7 Å². The van der Waals surface area contributed by atoms with Gasteiger partial charge in [0, 0.05) is 19.7 Å². The summed E-state index contributed by atoms with van der Waals surface area (Å²) in [4.78, 5) is -0.470. The average Bonchev–Trinajstić information content (AvgIpc) is 3.20. The van der Waals surface area contributed by atoms with Crippen LogP contribution in [0, 0.1) is 0 Å². The van der Waals surface area contributed by atoms with Gasteiger partial charge in [-0.05, 0) is 48.7 Å². The minimum atomic E-state index is -4.68. The van der Waals surface area contributed by atoms with E-state index in [1.165, 1.54) is 24.3 Å². The van der Waals surface area contributed by atoms with Crippen molar-refractivity contribution in [2.45, 2.75) is 36.6 Å². The normalized spacial score (nSPS) is 17.6. The maximum Gasteiger partial charge on any atom is 0.416 e. The first-order valence-electron chi connectivity index (χ1n) is 9.62. The van der Waals surface area contributed by atoms with Crippen molar-refractivity contribution in [2.75, 3.05) is 19.4 Å². The third-order valence-corrected chi connectivity index (χ3v) is 7.06. The number of hydrogen-bond acceptors (Lipinski definition) is 6. The van der Waals surface area contributed by atoms with E-state index in [0.717, 1.165) is 35.2 Å². The van der Waals surface area contributed by atoms with Gasteiger partial charge in [-0.15, -0.1) is 0 Å². The largest absolute Gasteiger partial charge is 0.416 e. The molecule has 32 heavy (non-hydrogen) atoms. The molecule has 1 saturated heterocycles. The molecule has 176 valence electrons. The molecule has 1 heterocycles. The second kappa shape index (κ2) is 9.38. The van der Waals surface area contributed by atoms with Crippen molar-refractivity contribution in [3.8, 4) is 5.75 Å². The molecule has 0 amide bonds. The molecule has 0 radical (unpaired) electrons. The zero-order chi connectivity index (χ0) is 23.6. The van der Waals surface area contributed by atoms with Crippen LogP contribution in [0.3, 0.4) is 0 Å². The lowest BCUT2D eigenvalue weighted by atomic mass is 10.2. The van der Waals surface area contributed by atoms with Crippen LogP contribution in [0.4, 0.5) is 13.2 Å². The summed E-state index contributed by atoms with van der Waals surface area (Å²) >= 11 is 0. The van der Waals surface area contributed by atoms with Crippen LogP contribution in [0.2, 0.25) is 0 Å². The summed E-state index contributed by atoms with van der Waals surface area (Å²) in [6.45, 7) is 0.317. The van der Waals surface area contributed by atoms with Crippen LogP contribution >= 0.6 is 0 Å². The van der Waals surface area contributed by atoms with Gasteiger partial charge in [0.2, 0.25) is 10.0 Å². The van der Waals surface area contributed by atoms with Crippen LogP contribution in [-0.4, -0.2) is 46.7 Å². The Bertz CT molecular complexity index is 1140. The van der Waals surface area contributed by atoms with Gasteiger partial charge in [-0.2, -0.15) is 25.9 Å². The highest BCUT2D eigenvalue weighted by atomic mass is 32.2. The molecule has 0 saturated carbocycles. The highest BCUT2D eigenvalue weighted by Gasteiger charge is 2.34. The van der Waals surface area contributed by atoms with E-state index in [4.69, 9.17) is 8.92 Å². The van der Waals surface area contributed by atoms with Crippen molar-refractivity contribution in [3.63, 3.8) is 0 Å². The summed E-state index contributed by atoms with van der Waals surface area (Å²) in [6.07, 6.45) is -2.76. The minimum Gasteiger partial charge on any atom is -0.383 e. The zero-order valence-electron chi connectivity index (χ0n) is 17.1. The van der Waals surface area contributed by atoms with Gasteiger partial charge in [0.25, 0.3) is 0 Å². The van der Waals surface area contributed by atoms with Crippen molar-refractivity contribution >= 4 is 20.1 Å². The Kier molecular flexibility index (Phi) is 7.18. The van der Waals surface area contributed by atoms with Gasteiger partial charge in [0.1, 0.15) is 5.75 Å². The van der Waals surface area contributed by atoms with Crippen LogP contribution in [0.15, 0.2) is 53.4 Å². The number of sulfonamides is 1. The first-order valence-corrected chi connectivity index (χ1v) is 12.9. The molecule has 7 nitrogen and oxygen atoms in total. The molecule has 0 spiro atoms. The highest BCUT2D eigenvalue weighted by Crippen LogP contribution is 2.32. The average molecular weight is 494 g/mol. The maximum atomic E-state index is 13.3. The van der Waals surface area contributed by atoms with E-state index in [1.54, 1.807) is 0 Å². The Morgan fingerprint density at radius 3 is 2.34 bits per heavy atom. The van der Waals surface area contributed by atoms with Gasteiger partial charge in [0.15, 0.2) is 0 Å². The summed E-state index contributed by atoms with van der Waals surface area (Å²) in [7, 11) is -8.00. The van der Waals surface area contributed by atoms with Gasteiger partial charge in [0.05, 0.1) is 22.8 Å². The summed E-state index contributed by atoms with van der Waals surface area (Å²) in [5.41, 5.74) is -0.558. The monoisotopic (exact) mass is 493 g/mol. The third kappa shape index (κ3) is 6.44. The molecule has 1 aliphatic heterocycles. The van der Waals surface area contributed by atoms with Crippen molar-refractivity contribution in [1.29, 1.82) is 0 Å². The topological polar surface area (TPSA) is 90.0 Å². The van der Waals surface area contributed by atoms with Gasteiger partial charge in [-0.3, -0.25) is 0 Å². The number of benzene rings is 2. The van der Waals surface area contributed by atoms with Gasteiger partial charge >= 0.3 is 16.3 Å². The van der Waals surface area contributed by atoms with E-state index >= 15 is 0 Å². The molecule has 12 heteroatoms. The Hall–Kier alpha value is -2.15. The van der Waals surface area contributed by atoms with E-state index in [-0.39, 0.29) is 24.9 Å². The van der Waals surface area contributed by atoms with Crippen LogP contribution in [0.1, 0.15) is 24.0 Å². The molecule has 0 N–H and O–H groups in total. The first-order chi connectivity index (χ1) is 14.8. The molecule has 2 aromatic carbocycles. The number of halogens is 3. The zero-order valence-corrected chi connectivity index (χ0v) is 18.7. The lowest BCUT2D eigenvalue weighted by Crippen LogP contribution is -2.37. The summed E-state index contributed by atoms with van der Waals surface area (Å²) in [5, 5.41) is 0. The lowest BCUT2D eigenvalue weighted by Gasteiger charge is -2.25. The summed E-state index contributed by atoms with van der Waals surface area (Å²) < 4.78 is 99.7. The molecule has 0 aliphatic carbocycles. The SMILES string of the molecule is CS(=O)(=O)Oc1ccc(CN(CC2CCCO2)S(=O)(=O)c2cccc(C(F)(F)F)c2)cc1. The van der Waals surface area contributed by atoms with Crippen LogP contribution in [0.25, 0.3) is 0 Å². The number of ether oxygens (including phenoxy) is 1. The fraction of sp³-hybridized carbons (Fsp3) is 0.400. The van der Waals surface area contributed by atoms with E-state index in [9.17, 15) is 30.0 Å². The fourth-order valence-electron chi connectivity index (χ4n) is 3.27. The van der Waals surface area contributed by atoms with Crippen molar-refractivity contribution < 1.29 is 38.9 Å². The van der Waals surface area contributed by atoms with Crippen molar-refractivity contribution in [3.05, 3.63) is 59.7 Å². The standard InChI is InChI=1S/C20H22F3NO6S2/c1-31(25,26)30-17-9-7-15(8-10-17)13-24(14-18-5-3-11-29-18)32(27,28)19-6-2-4-16(12-19)20(21,22)23/h2,4,6-10,12,18H,3,5,11,13-14H2,1H3. The molecule has 0 aromatic heterocycles. The molecule has 2 aromatic rings. The first kappa shape index (κ1) is 24.5. The quantitative estimate of drug-likeness (QED) is 0.524. The molecule has 3 rings (SSSR count). The Labute approximate surface area is 184 Å². The predicted molar refractivity (Wildman–Crippen MR) is 110 cm³/mol. The molecule has 1 unspecified atom stereocenters. The molecule has 1 aliphatic rings. The van der Waals surface area contributed by atoms with Crippen molar-refractivity contribution in [1.82, 2.24) is 4.31 Å². The molecule has 1 atom stereocenters. The number of nitrogens with zero attached hydrogens (tertiary/aromatic N) is 1. The molecular formula is C20H22F3NO6S2. The minimum absolute atomic E-state index is 0.0276. The smallest absolute Gasteiger partial charge is 0.383 e. The van der Waals surface area contributed by atoms with Crippen LogP contribution in [-0.2, 0) is 37.6 Å². The maximum absolute atomic E-state index is 13.3. The highest BCUT2D eigenvalue weighted by molar-refractivity contribution is 7.89. The fourth-order valence-corrected chi connectivity index (χ4v) is 5.24. The second-order valence-corrected chi connectivity index (χ2v) is 10.9. The number of hydrogen-bond donors (Lipinski definition) is 0. The van der Waals surface area contributed by atoms with Crippen LogP contribution in [0.5, 0.6) is 5.75 Å². The Morgan fingerprint density at radius 2 is 1.78 bits per heavy atom. The Morgan fingerprint density at radius 1 is 1.09 bits per heavy atom.